The molecule has 3 saturated heterocycles. The molecule has 0 aromatic carbocycles. The molecule has 3 heterocycles. The number of carbonyl (C=O) groups is 2. The summed E-state index contributed by atoms with van der Waals surface area (Å²) < 4.78 is 0. The summed E-state index contributed by atoms with van der Waals surface area (Å²) in [6.45, 7) is 3.66. The van der Waals surface area contributed by atoms with Crippen molar-refractivity contribution >= 4 is 36.0 Å². The highest BCUT2D eigenvalue weighted by Crippen LogP contribution is 2.26. The molecule has 3 fully saturated rings. The van der Waals surface area contributed by atoms with Crippen molar-refractivity contribution in [3.05, 3.63) is 0 Å². The normalized spacial score (nSPS) is 30.9. The molecule has 3 atom stereocenters. The lowest BCUT2D eigenvalue weighted by molar-refractivity contribution is -0.143. The first-order chi connectivity index (χ1) is 10.2. The summed E-state index contributed by atoms with van der Waals surface area (Å²) >= 11 is 1.70. The van der Waals surface area contributed by atoms with Crippen LogP contribution in [0.15, 0.2) is 0 Å². The van der Waals surface area contributed by atoms with E-state index in [-0.39, 0.29) is 30.3 Å². The largest absolute Gasteiger partial charge is 0.339 e. The predicted octanol–water partition coefficient (Wildman–Crippen LogP) is 1.46. The Morgan fingerprint density at radius 3 is 2.77 bits per heavy atom. The van der Waals surface area contributed by atoms with Crippen LogP contribution in [0.2, 0.25) is 0 Å². The van der Waals surface area contributed by atoms with E-state index in [1.54, 1.807) is 16.7 Å². The number of fused-ring (bicyclic) bond motifs is 2. The van der Waals surface area contributed by atoms with Crippen molar-refractivity contribution in [3.8, 4) is 0 Å². The van der Waals surface area contributed by atoms with E-state index in [9.17, 15) is 9.59 Å². The molecule has 0 aliphatic carbocycles. The van der Waals surface area contributed by atoms with Crippen molar-refractivity contribution < 1.29 is 9.59 Å². The average molecular weight is 348 g/mol. The summed E-state index contributed by atoms with van der Waals surface area (Å²) in [7, 11) is 0. The zero-order valence-electron chi connectivity index (χ0n) is 13.1. The van der Waals surface area contributed by atoms with Crippen LogP contribution in [0, 0.1) is 0 Å². The van der Waals surface area contributed by atoms with Crippen LogP contribution in [0.3, 0.4) is 0 Å². The molecule has 0 aromatic rings. The minimum Gasteiger partial charge on any atom is -0.339 e. The number of likely N-dealkylation sites (tertiary alicyclic amines) is 1. The standard InChI is InChI=1S/C15H25N3O2S.ClH/c1-2-3-14(19)18-10-21-9-13(18)15(20)17-7-6-11-4-5-12(8-17)16-11;/h11-13,16H,2-10H2,1H3;1H. The van der Waals surface area contributed by atoms with E-state index in [4.69, 9.17) is 0 Å². The Bertz CT molecular complexity index is 424. The van der Waals surface area contributed by atoms with Gasteiger partial charge < -0.3 is 15.1 Å². The van der Waals surface area contributed by atoms with E-state index in [1.807, 2.05) is 11.8 Å². The van der Waals surface area contributed by atoms with Gasteiger partial charge in [0.15, 0.2) is 0 Å². The van der Waals surface area contributed by atoms with Gasteiger partial charge in [-0.15, -0.1) is 24.2 Å². The lowest BCUT2D eigenvalue weighted by Gasteiger charge is -2.30. The number of carbonyl (C=O) groups excluding carboxylic acids is 2. The van der Waals surface area contributed by atoms with Crippen LogP contribution in [0.1, 0.15) is 39.0 Å². The molecule has 22 heavy (non-hydrogen) atoms. The number of thioether (sulfide) groups is 1. The number of hydrogen-bond acceptors (Lipinski definition) is 4. The Morgan fingerprint density at radius 1 is 1.23 bits per heavy atom. The molecule has 5 nitrogen and oxygen atoms in total. The first kappa shape index (κ1) is 17.9. The summed E-state index contributed by atoms with van der Waals surface area (Å²) in [6, 6.07) is 0.810. The molecule has 0 saturated carbocycles. The number of nitrogens with zero attached hydrogens (tertiary/aromatic N) is 2. The topological polar surface area (TPSA) is 52.7 Å². The average Bonchev–Trinajstić information content (AvgIpc) is 3.05. The Morgan fingerprint density at radius 2 is 2.00 bits per heavy atom. The third kappa shape index (κ3) is 3.71. The van der Waals surface area contributed by atoms with Crippen molar-refractivity contribution in [2.45, 2.75) is 57.2 Å². The fourth-order valence-corrected chi connectivity index (χ4v) is 4.78. The van der Waals surface area contributed by atoms with E-state index >= 15 is 0 Å². The summed E-state index contributed by atoms with van der Waals surface area (Å²) in [5.41, 5.74) is 0. The zero-order valence-corrected chi connectivity index (χ0v) is 14.8. The Kier molecular flexibility index (Phi) is 6.41. The van der Waals surface area contributed by atoms with Crippen LogP contribution in [0.4, 0.5) is 0 Å². The monoisotopic (exact) mass is 347 g/mol. The highest BCUT2D eigenvalue weighted by molar-refractivity contribution is 7.99. The van der Waals surface area contributed by atoms with Gasteiger partial charge in [0.1, 0.15) is 6.04 Å². The Hall–Kier alpha value is -0.460. The van der Waals surface area contributed by atoms with Gasteiger partial charge >= 0.3 is 0 Å². The lowest BCUT2D eigenvalue weighted by Crippen LogP contribution is -2.51. The molecule has 2 bridgehead atoms. The first-order valence-electron chi connectivity index (χ1n) is 8.11. The SMILES string of the molecule is CCCC(=O)N1CSCC1C(=O)N1CCC2CCC(C1)N2.Cl. The van der Waals surface area contributed by atoms with Gasteiger partial charge in [0, 0.05) is 37.3 Å². The summed E-state index contributed by atoms with van der Waals surface area (Å²) in [5, 5.41) is 3.60. The molecule has 3 aliphatic rings. The van der Waals surface area contributed by atoms with Crippen LogP contribution in [-0.2, 0) is 9.59 Å². The van der Waals surface area contributed by atoms with E-state index in [1.165, 1.54) is 12.8 Å². The van der Waals surface area contributed by atoms with Gasteiger partial charge in [-0.1, -0.05) is 6.92 Å². The highest BCUT2D eigenvalue weighted by Gasteiger charge is 2.39. The molecule has 2 amide bonds. The second-order valence-corrected chi connectivity index (χ2v) is 7.34. The maximum atomic E-state index is 12.8. The smallest absolute Gasteiger partial charge is 0.246 e. The predicted molar refractivity (Wildman–Crippen MR) is 91.3 cm³/mol. The zero-order chi connectivity index (χ0) is 14.8. The minimum atomic E-state index is -0.231. The molecule has 0 aromatic heterocycles. The van der Waals surface area contributed by atoms with Crippen molar-refractivity contribution in [3.63, 3.8) is 0 Å². The van der Waals surface area contributed by atoms with E-state index in [2.05, 4.69) is 5.32 Å². The molecule has 3 aliphatic heterocycles. The van der Waals surface area contributed by atoms with Crippen LogP contribution >= 0.6 is 24.2 Å². The second kappa shape index (κ2) is 7.88. The van der Waals surface area contributed by atoms with E-state index in [0.717, 1.165) is 31.7 Å². The van der Waals surface area contributed by atoms with Gasteiger partial charge in [-0.05, 0) is 25.7 Å². The molecule has 3 rings (SSSR count). The van der Waals surface area contributed by atoms with Crippen molar-refractivity contribution in [2.24, 2.45) is 0 Å². The van der Waals surface area contributed by atoms with Crippen LogP contribution in [-0.4, -0.2) is 64.5 Å². The fraction of sp³-hybridized carbons (Fsp3) is 0.867. The van der Waals surface area contributed by atoms with Gasteiger partial charge in [0.2, 0.25) is 11.8 Å². The van der Waals surface area contributed by atoms with Crippen LogP contribution in [0.5, 0.6) is 0 Å². The van der Waals surface area contributed by atoms with E-state index in [0.29, 0.717) is 24.4 Å². The van der Waals surface area contributed by atoms with Crippen molar-refractivity contribution in [1.29, 1.82) is 0 Å². The molecular formula is C15H26ClN3O2S. The van der Waals surface area contributed by atoms with Crippen molar-refractivity contribution in [1.82, 2.24) is 15.1 Å². The highest BCUT2D eigenvalue weighted by atomic mass is 35.5. The molecule has 1 N–H and O–H groups in total. The van der Waals surface area contributed by atoms with Gasteiger partial charge in [-0.2, -0.15) is 0 Å². The van der Waals surface area contributed by atoms with Gasteiger partial charge in [0.25, 0.3) is 0 Å². The quantitative estimate of drug-likeness (QED) is 0.840. The van der Waals surface area contributed by atoms with Gasteiger partial charge in [-0.25, -0.2) is 0 Å². The summed E-state index contributed by atoms with van der Waals surface area (Å²) in [4.78, 5) is 28.8. The molecular weight excluding hydrogens is 322 g/mol. The van der Waals surface area contributed by atoms with Crippen molar-refractivity contribution in [2.75, 3.05) is 24.7 Å². The maximum absolute atomic E-state index is 12.8. The fourth-order valence-electron chi connectivity index (χ4n) is 3.60. The third-order valence-electron chi connectivity index (χ3n) is 4.79. The minimum absolute atomic E-state index is 0. The van der Waals surface area contributed by atoms with Gasteiger partial charge in [0.05, 0.1) is 5.88 Å². The number of halogens is 1. The maximum Gasteiger partial charge on any atom is 0.246 e. The molecule has 0 radical (unpaired) electrons. The third-order valence-corrected chi connectivity index (χ3v) is 5.80. The molecule has 7 heteroatoms. The number of hydrogen-bond donors (Lipinski definition) is 1. The number of nitrogens with one attached hydrogen (secondary N) is 1. The lowest BCUT2D eigenvalue weighted by atomic mass is 10.1. The van der Waals surface area contributed by atoms with Crippen LogP contribution in [0.25, 0.3) is 0 Å². The molecule has 0 spiro atoms. The second-order valence-electron chi connectivity index (χ2n) is 6.34. The summed E-state index contributed by atoms with van der Waals surface area (Å²) in [5.74, 6) is 1.73. The van der Waals surface area contributed by atoms with E-state index < -0.39 is 0 Å². The Balaban J connectivity index is 0.00000176. The summed E-state index contributed by atoms with van der Waals surface area (Å²) in [6.07, 6.45) is 4.86. The van der Waals surface area contributed by atoms with Gasteiger partial charge in [-0.3, -0.25) is 9.59 Å². The molecule has 126 valence electrons. The van der Waals surface area contributed by atoms with Crippen LogP contribution < -0.4 is 5.32 Å². The first-order valence-corrected chi connectivity index (χ1v) is 9.26. The Labute approximate surface area is 142 Å². The molecule has 3 unspecified atom stereocenters. The number of rotatable bonds is 3. The number of amides is 2.